The molecule has 3 heteroatoms. The van der Waals surface area contributed by atoms with Gasteiger partial charge >= 0.3 is 0 Å². The summed E-state index contributed by atoms with van der Waals surface area (Å²) in [5.74, 6) is 0.274. The predicted molar refractivity (Wildman–Crippen MR) is 147 cm³/mol. The molecule has 0 aromatic carbocycles. The van der Waals surface area contributed by atoms with Crippen molar-refractivity contribution in [1.82, 2.24) is 0 Å². The molecule has 0 aromatic heterocycles. The van der Waals surface area contributed by atoms with E-state index in [-0.39, 0.29) is 24.1 Å². The van der Waals surface area contributed by atoms with Crippen LogP contribution in [0.5, 0.6) is 0 Å². The standard InChI is InChI=1S/C31H60O3/c1-3-5-7-8-9-10-11-12-13-14-15-17-22-26-30(33)28-31(34)27-23-19-16-18-21-25-29(32)24-20-6-4-2/h29,32H,3-28H2,1-2H3. The van der Waals surface area contributed by atoms with Gasteiger partial charge in [-0.3, -0.25) is 9.59 Å². The molecule has 0 rings (SSSR count). The van der Waals surface area contributed by atoms with Crippen LogP contribution in [0.2, 0.25) is 0 Å². The quantitative estimate of drug-likeness (QED) is 0.0895. The average molecular weight is 481 g/mol. The molecular formula is C31H60O3. The maximum Gasteiger partial charge on any atom is 0.140 e. The van der Waals surface area contributed by atoms with Crippen LogP contribution in [0.15, 0.2) is 0 Å². The predicted octanol–water partition coefficient (Wildman–Crippen LogP) is 9.67. The summed E-state index contributed by atoms with van der Waals surface area (Å²) in [5, 5.41) is 9.93. The number of unbranched alkanes of at least 4 members (excludes halogenated alkanes) is 18. The topological polar surface area (TPSA) is 54.4 Å². The molecule has 3 nitrogen and oxygen atoms in total. The zero-order chi connectivity index (χ0) is 25.1. The third-order valence-electron chi connectivity index (χ3n) is 7.09. The Kier molecular flexibility index (Phi) is 26.3. The number of rotatable bonds is 28. The monoisotopic (exact) mass is 480 g/mol. The van der Waals surface area contributed by atoms with Gasteiger partial charge in [-0.05, 0) is 25.7 Å². The van der Waals surface area contributed by atoms with Crippen molar-refractivity contribution in [3.8, 4) is 0 Å². The van der Waals surface area contributed by atoms with Crippen molar-refractivity contribution < 1.29 is 14.7 Å². The molecule has 1 atom stereocenters. The number of hydrogen-bond acceptors (Lipinski definition) is 3. The number of Topliss-reactive ketones (excluding diaryl/α,β-unsaturated/α-hetero) is 2. The van der Waals surface area contributed by atoms with E-state index in [0.717, 1.165) is 64.2 Å². The van der Waals surface area contributed by atoms with Gasteiger partial charge in [-0.15, -0.1) is 0 Å². The fourth-order valence-electron chi connectivity index (χ4n) is 4.74. The Hall–Kier alpha value is -0.700. The third-order valence-corrected chi connectivity index (χ3v) is 7.09. The van der Waals surface area contributed by atoms with Crippen LogP contribution in [0.4, 0.5) is 0 Å². The van der Waals surface area contributed by atoms with E-state index in [9.17, 15) is 14.7 Å². The zero-order valence-corrected chi connectivity index (χ0v) is 23.2. The summed E-state index contributed by atoms with van der Waals surface area (Å²) >= 11 is 0. The van der Waals surface area contributed by atoms with E-state index < -0.39 is 0 Å². The minimum atomic E-state index is -0.131. The van der Waals surface area contributed by atoms with E-state index in [1.54, 1.807) is 0 Å². The van der Waals surface area contributed by atoms with Gasteiger partial charge in [0.1, 0.15) is 11.6 Å². The molecular weight excluding hydrogens is 420 g/mol. The van der Waals surface area contributed by atoms with Gasteiger partial charge in [0, 0.05) is 12.8 Å². The zero-order valence-electron chi connectivity index (χ0n) is 23.2. The number of ketones is 2. The summed E-state index contributed by atoms with van der Waals surface area (Å²) in [6.45, 7) is 4.46. The highest BCUT2D eigenvalue weighted by molar-refractivity contribution is 5.98. The Morgan fingerprint density at radius 1 is 0.471 bits per heavy atom. The first kappa shape index (κ1) is 33.3. The molecule has 0 aliphatic heterocycles. The van der Waals surface area contributed by atoms with Gasteiger partial charge in [0.15, 0.2) is 0 Å². The maximum absolute atomic E-state index is 12.0. The van der Waals surface area contributed by atoms with Crippen LogP contribution in [0.25, 0.3) is 0 Å². The molecule has 0 heterocycles. The van der Waals surface area contributed by atoms with Gasteiger partial charge in [-0.25, -0.2) is 0 Å². The van der Waals surface area contributed by atoms with Crippen LogP contribution in [-0.4, -0.2) is 22.8 Å². The van der Waals surface area contributed by atoms with Gasteiger partial charge in [-0.2, -0.15) is 0 Å². The Bertz CT molecular complexity index is 446. The second-order valence-electron chi connectivity index (χ2n) is 10.7. The molecule has 0 bridgehead atoms. The van der Waals surface area contributed by atoms with E-state index >= 15 is 0 Å². The number of aliphatic hydroxyl groups is 1. The van der Waals surface area contributed by atoms with Crippen LogP contribution in [0.3, 0.4) is 0 Å². The summed E-state index contributed by atoms with van der Waals surface area (Å²) in [6, 6.07) is 0. The molecule has 0 radical (unpaired) electrons. The summed E-state index contributed by atoms with van der Waals surface area (Å²) in [6.07, 6.45) is 28.9. The Labute approximate surface area is 213 Å². The lowest BCUT2D eigenvalue weighted by Gasteiger charge is -2.09. The van der Waals surface area contributed by atoms with Gasteiger partial charge in [0.25, 0.3) is 0 Å². The number of hydrogen-bond donors (Lipinski definition) is 1. The fraction of sp³-hybridized carbons (Fsp3) is 0.935. The first-order valence-corrected chi connectivity index (χ1v) is 15.3. The van der Waals surface area contributed by atoms with E-state index in [1.807, 2.05) is 0 Å². The molecule has 0 aliphatic rings. The van der Waals surface area contributed by atoms with E-state index in [2.05, 4.69) is 13.8 Å². The molecule has 0 aromatic rings. The van der Waals surface area contributed by atoms with Crippen molar-refractivity contribution in [1.29, 1.82) is 0 Å². The normalized spacial score (nSPS) is 12.2. The number of carbonyl (C=O) groups is 2. The Morgan fingerprint density at radius 3 is 1.18 bits per heavy atom. The average Bonchev–Trinajstić information content (AvgIpc) is 2.81. The minimum absolute atomic E-state index is 0.131. The second-order valence-corrected chi connectivity index (χ2v) is 10.7. The highest BCUT2D eigenvalue weighted by Crippen LogP contribution is 2.15. The van der Waals surface area contributed by atoms with Gasteiger partial charge in [-0.1, -0.05) is 136 Å². The third kappa shape index (κ3) is 25.9. The van der Waals surface area contributed by atoms with Crippen molar-refractivity contribution in [2.24, 2.45) is 0 Å². The van der Waals surface area contributed by atoms with Crippen LogP contribution in [0.1, 0.15) is 181 Å². The van der Waals surface area contributed by atoms with Gasteiger partial charge < -0.3 is 5.11 Å². The molecule has 1 N–H and O–H groups in total. The molecule has 0 amide bonds. The largest absolute Gasteiger partial charge is 0.393 e. The lowest BCUT2D eigenvalue weighted by molar-refractivity contribution is -0.127. The maximum atomic E-state index is 12.0. The minimum Gasteiger partial charge on any atom is -0.393 e. The first-order chi connectivity index (χ1) is 16.6. The van der Waals surface area contributed by atoms with Crippen LogP contribution >= 0.6 is 0 Å². The summed E-state index contributed by atoms with van der Waals surface area (Å²) in [4.78, 5) is 24.1. The number of aliphatic hydroxyl groups excluding tert-OH is 1. The Morgan fingerprint density at radius 2 is 0.765 bits per heavy atom. The molecule has 0 spiro atoms. The Balaban J connectivity index is 3.36. The molecule has 202 valence electrons. The lowest BCUT2D eigenvalue weighted by atomic mass is 10.0. The van der Waals surface area contributed by atoms with Crippen LogP contribution in [0, 0.1) is 0 Å². The van der Waals surface area contributed by atoms with Crippen molar-refractivity contribution in [2.75, 3.05) is 0 Å². The van der Waals surface area contributed by atoms with Crippen molar-refractivity contribution in [3.05, 3.63) is 0 Å². The summed E-state index contributed by atoms with van der Waals surface area (Å²) in [7, 11) is 0. The van der Waals surface area contributed by atoms with Crippen LogP contribution < -0.4 is 0 Å². The van der Waals surface area contributed by atoms with E-state index in [1.165, 1.54) is 83.5 Å². The SMILES string of the molecule is CCCCCCCCCCCCCCCC(=O)CC(=O)CCCCCCCC(O)CCCCC. The van der Waals surface area contributed by atoms with Crippen molar-refractivity contribution in [3.63, 3.8) is 0 Å². The molecule has 0 fully saturated rings. The van der Waals surface area contributed by atoms with Crippen LogP contribution in [-0.2, 0) is 9.59 Å². The highest BCUT2D eigenvalue weighted by Gasteiger charge is 2.09. The number of carbonyl (C=O) groups excluding carboxylic acids is 2. The van der Waals surface area contributed by atoms with E-state index in [4.69, 9.17) is 0 Å². The van der Waals surface area contributed by atoms with Gasteiger partial charge in [0.2, 0.25) is 0 Å². The van der Waals surface area contributed by atoms with Crippen molar-refractivity contribution >= 4 is 11.6 Å². The van der Waals surface area contributed by atoms with Gasteiger partial charge in [0.05, 0.1) is 12.5 Å². The smallest absolute Gasteiger partial charge is 0.140 e. The van der Waals surface area contributed by atoms with Crippen molar-refractivity contribution in [2.45, 2.75) is 187 Å². The molecule has 1 unspecified atom stereocenters. The summed E-state index contributed by atoms with van der Waals surface area (Å²) < 4.78 is 0. The first-order valence-electron chi connectivity index (χ1n) is 15.3. The molecule has 34 heavy (non-hydrogen) atoms. The fourth-order valence-corrected chi connectivity index (χ4v) is 4.74. The molecule has 0 aliphatic carbocycles. The second kappa shape index (κ2) is 26.9. The van der Waals surface area contributed by atoms with E-state index in [0.29, 0.717) is 12.8 Å². The molecule has 0 saturated carbocycles. The summed E-state index contributed by atoms with van der Waals surface area (Å²) in [5.41, 5.74) is 0. The molecule has 0 saturated heterocycles. The highest BCUT2D eigenvalue weighted by atomic mass is 16.3. The lowest BCUT2D eigenvalue weighted by Crippen LogP contribution is -2.07.